The van der Waals surface area contributed by atoms with E-state index in [0.717, 1.165) is 12.8 Å². The van der Waals surface area contributed by atoms with Crippen LogP contribution < -0.4 is 14.8 Å². The molecule has 2 aromatic carbocycles. The van der Waals surface area contributed by atoms with Crippen molar-refractivity contribution >= 4 is 5.91 Å². The molecule has 4 heteroatoms. The Hall–Kier alpha value is -2.49. The lowest BCUT2D eigenvalue weighted by Crippen LogP contribution is -2.31. The summed E-state index contributed by atoms with van der Waals surface area (Å²) in [6, 6.07) is 15.7. The van der Waals surface area contributed by atoms with Crippen molar-refractivity contribution in [2.75, 3.05) is 13.2 Å². The van der Waals surface area contributed by atoms with Gasteiger partial charge < -0.3 is 14.8 Å². The number of amides is 1. The zero-order chi connectivity index (χ0) is 16.1. The number of carbonyl (C=O) groups is 1. The number of para-hydroxylation sites is 2. The summed E-state index contributed by atoms with van der Waals surface area (Å²) >= 11 is 0. The van der Waals surface area contributed by atoms with Gasteiger partial charge >= 0.3 is 0 Å². The van der Waals surface area contributed by atoms with Gasteiger partial charge in [-0.2, -0.15) is 0 Å². The molecule has 1 unspecified atom stereocenters. The van der Waals surface area contributed by atoms with Gasteiger partial charge in [0.2, 0.25) is 0 Å². The van der Waals surface area contributed by atoms with Gasteiger partial charge in [0.15, 0.2) is 18.1 Å². The van der Waals surface area contributed by atoms with E-state index in [1.807, 2.05) is 43.3 Å². The van der Waals surface area contributed by atoms with Crippen molar-refractivity contribution in [3.05, 3.63) is 59.7 Å². The van der Waals surface area contributed by atoms with Crippen LogP contribution in [-0.4, -0.2) is 19.1 Å². The van der Waals surface area contributed by atoms with Crippen molar-refractivity contribution < 1.29 is 14.3 Å². The van der Waals surface area contributed by atoms with Gasteiger partial charge in [0.25, 0.3) is 5.91 Å². The number of hydrogen-bond donors (Lipinski definition) is 1. The second-order valence-electron chi connectivity index (χ2n) is 5.53. The number of aryl methyl sites for hydroxylation is 1. The van der Waals surface area contributed by atoms with Gasteiger partial charge in [0.05, 0.1) is 12.6 Å². The maximum Gasteiger partial charge on any atom is 0.258 e. The van der Waals surface area contributed by atoms with Crippen LogP contribution >= 0.6 is 0 Å². The van der Waals surface area contributed by atoms with Crippen LogP contribution in [0.5, 0.6) is 11.5 Å². The van der Waals surface area contributed by atoms with E-state index in [1.165, 1.54) is 11.1 Å². The predicted molar refractivity (Wildman–Crippen MR) is 88.8 cm³/mol. The fourth-order valence-corrected chi connectivity index (χ4v) is 2.93. The molecule has 1 atom stereocenters. The summed E-state index contributed by atoms with van der Waals surface area (Å²) in [5, 5.41) is 3.05. The van der Waals surface area contributed by atoms with E-state index in [4.69, 9.17) is 9.47 Å². The number of fused-ring (bicyclic) bond motifs is 1. The summed E-state index contributed by atoms with van der Waals surface area (Å²) in [4.78, 5) is 12.2. The standard InChI is InChI=1S/C19H21NO3/c1-2-22-17-9-5-6-10-18(17)23-13-19(21)20-16-12-11-14-7-3-4-8-15(14)16/h3-10,16H,2,11-13H2,1H3,(H,20,21). The highest BCUT2D eigenvalue weighted by Crippen LogP contribution is 2.30. The molecule has 0 spiro atoms. The van der Waals surface area contributed by atoms with E-state index in [2.05, 4.69) is 17.4 Å². The molecule has 1 N–H and O–H groups in total. The molecular weight excluding hydrogens is 290 g/mol. The van der Waals surface area contributed by atoms with Crippen molar-refractivity contribution in [1.82, 2.24) is 5.32 Å². The minimum atomic E-state index is -0.113. The molecule has 1 amide bonds. The zero-order valence-electron chi connectivity index (χ0n) is 13.2. The van der Waals surface area contributed by atoms with Gasteiger partial charge in [-0.3, -0.25) is 4.79 Å². The second-order valence-corrected chi connectivity index (χ2v) is 5.53. The van der Waals surface area contributed by atoms with Crippen molar-refractivity contribution in [2.24, 2.45) is 0 Å². The third-order valence-corrected chi connectivity index (χ3v) is 3.98. The number of rotatable bonds is 6. The lowest BCUT2D eigenvalue weighted by molar-refractivity contribution is -0.123. The summed E-state index contributed by atoms with van der Waals surface area (Å²) in [5.74, 6) is 1.14. The molecule has 1 aliphatic carbocycles. The highest BCUT2D eigenvalue weighted by atomic mass is 16.5. The van der Waals surface area contributed by atoms with Crippen LogP contribution in [0.4, 0.5) is 0 Å². The van der Waals surface area contributed by atoms with E-state index >= 15 is 0 Å². The second kappa shape index (κ2) is 7.18. The molecule has 0 saturated heterocycles. The number of ether oxygens (including phenoxy) is 2. The van der Waals surface area contributed by atoms with Gasteiger partial charge in [-0.1, -0.05) is 36.4 Å². The summed E-state index contributed by atoms with van der Waals surface area (Å²) in [5.41, 5.74) is 2.54. The fourth-order valence-electron chi connectivity index (χ4n) is 2.93. The topological polar surface area (TPSA) is 47.6 Å². The third-order valence-electron chi connectivity index (χ3n) is 3.98. The van der Waals surface area contributed by atoms with Gasteiger partial charge in [-0.15, -0.1) is 0 Å². The maximum absolute atomic E-state index is 12.2. The van der Waals surface area contributed by atoms with E-state index in [9.17, 15) is 4.79 Å². The molecule has 0 heterocycles. The third kappa shape index (κ3) is 3.65. The number of nitrogens with one attached hydrogen (secondary N) is 1. The summed E-state index contributed by atoms with van der Waals surface area (Å²) in [7, 11) is 0. The van der Waals surface area contributed by atoms with Crippen LogP contribution in [0.15, 0.2) is 48.5 Å². The molecule has 1 aliphatic rings. The van der Waals surface area contributed by atoms with Crippen molar-refractivity contribution in [1.29, 1.82) is 0 Å². The molecule has 0 radical (unpaired) electrons. The van der Waals surface area contributed by atoms with Gasteiger partial charge in [-0.25, -0.2) is 0 Å². The molecule has 0 aliphatic heterocycles. The van der Waals surface area contributed by atoms with Crippen LogP contribution in [0.2, 0.25) is 0 Å². The molecule has 120 valence electrons. The van der Waals surface area contributed by atoms with Gasteiger partial charge in [0, 0.05) is 0 Å². The van der Waals surface area contributed by atoms with Gasteiger partial charge in [0.1, 0.15) is 0 Å². The Morgan fingerprint density at radius 2 is 1.78 bits per heavy atom. The summed E-state index contributed by atoms with van der Waals surface area (Å²) < 4.78 is 11.1. The lowest BCUT2D eigenvalue weighted by atomic mass is 10.1. The summed E-state index contributed by atoms with van der Waals surface area (Å²) in [6.45, 7) is 2.47. The Labute approximate surface area is 136 Å². The Morgan fingerprint density at radius 3 is 2.57 bits per heavy atom. The maximum atomic E-state index is 12.2. The monoisotopic (exact) mass is 311 g/mol. The molecule has 4 nitrogen and oxygen atoms in total. The van der Waals surface area contributed by atoms with Gasteiger partial charge in [-0.05, 0) is 43.0 Å². The highest BCUT2D eigenvalue weighted by molar-refractivity contribution is 5.78. The number of hydrogen-bond acceptors (Lipinski definition) is 3. The molecular formula is C19H21NO3. The molecule has 0 aromatic heterocycles. The van der Waals surface area contributed by atoms with E-state index in [0.29, 0.717) is 18.1 Å². The first-order chi connectivity index (χ1) is 11.3. The largest absolute Gasteiger partial charge is 0.490 e. The Morgan fingerprint density at radius 1 is 1.09 bits per heavy atom. The fraction of sp³-hybridized carbons (Fsp3) is 0.316. The first-order valence-electron chi connectivity index (χ1n) is 7.99. The van der Waals surface area contributed by atoms with Crippen LogP contribution in [0.25, 0.3) is 0 Å². The van der Waals surface area contributed by atoms with Crippen LogP contribution in [0, 0.1) is 0 Å². The first-order valence-corrected chi connectivity index (χ1v) is 7.99. The molecule has 0 bridgehead atoms. The molecule has 0 saturated carbocycles. The lowest BCUT2D eigenvalue weighted by Gasteiger charge is -2.15. The highest BCUT2D eigenvalue weighted by Gasteiger charge is 2.23. The minimum absolute atomic E-state index is 0.0112. The Kier molecular flexibility index (Phi) is 4.81. The van der Waals surface area contributed by atoms with Crippen LogP contribution in [0.1, 0.15) is 30.5 Å². The SMILES string of the molecule is CCOc1ccccc1OCC(=O)NC1CCc2ccccc21. The molecule has 0 fully saturated rings. The first kappa shape index (κ1) is 15.4. The molecule has 23 heavy (non-hydrogen) atoms. The van der Waals surface area contributed by atoms with Crippen LogP contribution in [0.3, 0.4) is 0 Å². The van der Waals surface area contributed by atoms with Crippen molar-refractivity contribution in [3.8, 4) is 11.5 Å². The molecule has 2 aromatic rings. The Bertz CT molecular complexity index is 684. The van der Waals surface area contributed by atoms with E-state index < -0.39 is 0 Å². The average molecular weight is 311 g/mol. The average Bonchev–Trinajstić information content (AvgIpc) is 2.98. The summed E-state index contributed by atoms with van der Waals surface area (Å²) in [6.07, 6.45) is 1.95. The quantitative estimate of drug-likeness (QED) is 0.890. The van der Waals surface area contributed by atoms with E-state index in [-0.39, 0.29) is 18.6 Å². The van der Waals surface area contributed by atoms with E-state index in [1.54, 1.807) is 0 Å². The number of benzene rings is 2. The minimum Gasteiger partial charge on any atom is -0.490 e. The normalized spacial score (nSPS) is 15.8. The van der Waals surface area contributed by atoms with Crippen molar-refractivity contribution in [2.45, 2.75) is 25.8 Å². The zero-order valence-corrected chi connectivity index (χ0v) is 13.2. The van der Waals surface area contributed by atoms with Crippen LogP contribution in [-0.2, 0) is 11.2 Å². The Balaban J connectivity index is 1.57. The van der Waals surface area contributed by atoms with Crippen molar-refractivity contribution in [3.63, 3.8) is 0 Å². The molecule has 3 rings (SSSR count). The predicted octanol–water partition coefficient (Wildman–Crippen LogP) is 3.27. The number of carbonyl (C=O) groups excluding carboxylic acids is 1. The smallest absolute Gasteiger partial charge is 0.258 e.